The Bertz CT molecular complexity index is 451. The number of carboxylic acids is 1. The molecule has 2 unspecified atom stereocenters. The zero-order chi connectivity index (χ0) is 14.0. The van der Waals surface area contributed by atoms with Crippen molar-refractivity contribution < 1.29 is 9.90 Å². The minimum Gasteiger partial charge on any atom is -0.481 e. The van der Waals surface area contributed by atoms with Crippen LogP contribution in [0.1, 0.15) is 45.6 Å². The third-order valence-electron chi connectivity index (χ3n) is 4.34. The summed E-state index contributed by atoms with van der Waals surface area (Å²) in [5, 5.41) is 13.7. The Morgan fingerprint density at radius 1 is 1.58 bits per heavy atom. The lowest BCUT2D eigenvalue weighted by atomic mass is 9.66. The molecule has 0 aromatic carbocycles. The van der Waals surface area contributed by atoms with Gasteiger partial charge in [0.25, 0.3) is 0 Å². The second-order valence-electron chi connectivity index (χ2n) is 6.52. The van der Waals surface area contributed by atoms with E-state index in [2.05, 4.69) is 25.9 Å². The van der Waals surface area contributed by atoms with Gasteiger partial charge in [-0.15, -0.1) is 0 Å². The van der Waals surface area contributed by atoms with Gasteiger partial charge in [-0.2, -0.15) is 5.10 Å². The molecule has 0 radical (unpaired) electrons. The maximum absolute atomic E-state index is 11.4. The van der Waals surface area contributed by atoms with Gasteiger partial charge in [0.05, 0.1) is 12.1 Å². The summed E-state index contributed by atoms with van der Waals surface area (Å²) in [6, 6.07) is 0. The molecule has 0 saturated heterocycles. The third-order valence-corrected chi connectivity index (χ3v) is 4.34. The number of rotatable bonds is 4. The third kappa shape index (κ3) is 3.37. The van der Waals surface area contributed by atoms with Crippen molar-refractivity contribution in [1.29, 1.82) is 0 Å². The molecule has 0 amide bonds. The molecule has 0 spiro atoms. The fraction of sp³-hybridized carbons (Fsp3) is 0.733. The van der Waals surface area contributed by atoms with Crippen LogP contribution >= 0.6 is 0 Å². The number of aromatic nitrogens is 2. The van der Waals surface area contributed by atoms with Crippen molar-refractivity contribution in [3.63, 3.8) is 0 Å². The van der Waals surface area contributed by atoms with E-state index in [-0.39, 0.29) is 17.3 Å². The highest BCUT2D eigenvalue weighted by Crippen LogP contribution is 2.43. The number of hydrogen-bond donors (Lipinski definition) is 1. The van der Waals surface area contributed by atoms with Gasteiger partial charge in [-0.25, -0.2) is 0 Å². The van der Waals surface area contributed by atoms with E-state index in [1.54, 1.807) is 0 Å². The molecule has 1 N–H and O–H groups in total. The topological polar surface area (TPSA) is 55.1 Å². The van der Waals surface area contributed by atoms with Gasteiger partial charge >= 0.3 is 5.97 Å². The van der Waals surface area contributed by atoms with Crippen LogP contribution in [0.25, 0.3) is 0 Å². The molecule has 1 aromatic heterocycles. The minimum absolute atomic E-state index is 0.196. The highest BCUT2D eigenvalue weighted by molar-refractivity contribution is 5.70. The predicted molar refractivity (Wildman–Crippen MR) is 73.9 cm³/mol. The molecule has 1 aliphatic carbocycles. The molecule has 1 aromatic rings. The highest BCUT2D eigenvalue weighted by Gasteiger charge is 2.38. The van der Waals surface area contributed by atoms with Gasteiger partial charge in [-0.3, -0.25) is 9.48 Å². The molecule has 1 heterocycles. The average molecular weight is 264 g/mol. The Morgan fingerprint density at radius 3 is 2.89 bits per heavy atom. The van der Waals surface area contributed by atoms with Crippen molar-refractivity contribution in [3.8, 4) is 0 Å². The molecule has 0 bridgehead atoms. The highest BCUT2D eigenvalue weighted by atomic mass is 16.4. The Labute approximate surface area is 114 Å². The first kappa shape index (κ1) is 14.1. The second kappa shape index (κ2) is 5.35. The zero-order valence-electron chi connectivity index (χ0n) is 12.1. The molecule has 4 nitrogen and oxygen atoms in total. The van der Waals surface area contributed by atoms with Gasteiger partial charge < -0.3 is 5.11 Å². The lowest BCUT2D eigenvalue weighted by Crippen LogP contribution is -2.35. The van der Waals surface area contributed by atoms with E-state index in [1.165, 1.54) is 0 Å². The Balaban J connectivity index is 2.11. The summed E-state index contributed by atoms with van der Waals surface area (Å²) in [6.45, 7) is 7.40. The van der Waals surface area contributed by atoms with Gasteiger partial charge in [0.1, 0.15) is 0 Å². The molecule has 19 heavy (non-hydrogen) atoms. The first-order valence-corrected chi connectivity index (χ1v) is 7.15. The van der Waals surface area contributed by atoms with E-state index in [4.69, 9.17) is 0 Å². The van der Waals surface area contributed by atoms with Crippen LogP contribution in [0.4, 0.5) is 0 Å². The molecule has 2 atom stereocenters. The van der Waals surface area contributed by atoms with Crippen molar-refractivity contribution in [1.82, 2.24) is 9.78 Å². The second-order valence-corrected chi connectivity index (χ2v) is 6.52. The fourth-order valence-electron chi connectivity index (χ4n) is 3.26. The van der Waals surface area contributed by atoms with E-state index in [0.717, 1.165) is 37.8 Å². The SMILES string of the molecule is CCn1cc(CC2CC(C)(C)CCC2C(=O)O)cn1. The van der Waals surface area contributed by atoms with Crippen LogP contribution < -0.4 is 0 Å². The van der Waals surface area contributed by atoms with Crippen molar-refractivity contribution in [3.05, 3.63) is 18.0 Å². The summed E-state index contributed by atoms with van der Waals surface area (Å²) >= 11 is 0. The van der Waals surface area contributed by atoms with Crippen molar-refractivity contribution >= 4 is 5.97 Å². The maximum Gasteiger partial charge on any atom is 0.306 e. The number of aryl methyl sites for hydroxylation is 1. The van der Waals surface area contributed by atoms with Gasteiger partial charge in [-0.05, 0) is 49.5 Å². The molecule has 0 aliphatic heterocycles. The van der Waals surface area contributed by atoms with Gasteiger partial charge in [-0.1, -0.05) is 13.8 Å². The summed E-state index contributed by atoms with van der Waals surface area (Å²) in [5.74, 6) is -0.600. The smallest absolute Gasteiger partial charge is 0.306 e. The zero-order valence-corrected chi connectivity index (χ0v) is 12.1. The summed E-state index contributed by atoms with van der Waals surface area (Å²) in [6.07, 6.45) is 7.55. The normalized spacial score (nSPS) is 26.3. The Hall–Kier alpha value is -1.32. The predicted octanol–water partition coefficient (Wildman–Crippen LogP) is 2.97. The molecule has 106 valence electrons. The summed E-state index contributed by atoms with van der Waals surface area (Å²) in [7, 11) is 0. The van der Waals surface area contributed by atoms with E-state index in [0.29, 0.717) is 0 Å². The van der Waals surface area contributed by atoms with Crippen molar-refractivity contribution in [2.45, 2.75) is 53.0 Å². The lowest BCUT2D eigenvalue weighted by Gasteiger charge is -2.39. The summed E-state index contributed by atoms with van der Waals surface area (Å²) in [5.41, 5.74) is 1.42. The molecule has 1 aliphatic rings. The van der Waals surface area contributed by atoms with E-state index < -0.39 is 5.97 Å². The van der Waals surface area contributed by atoms with Crippen LogP contribution in [0.15, 0.2) is 12.4 Å². The average Bonchev–Trinajstić information content (AvgIpc) is 2.75. The van der Waals surface area contributed by atoms with E-state index in [1.807, 2.05) is 17.1 Å². The van der Waals surface area contributed by atoms with E-state index >= 15 is 0 Å². The lowest BCUT2D eigenvalue weighted by molar-refractivity contribution is -0.146. The van der Waals surface area contributed by atoms with Crippen LogP contribution in [0, 0.1) is 17.3 Å². The molecular formula is C15H24N2O2. The van der Waals surface area contributed by atoms with Crippen LogP contribution in [0.5, 0.6) is 0 Å². The quantitative estimate of drug-likeness (QED) is 0.909. The molecule has 1 fully saturated rings. The van der Waals surface area contributed by atoms with Gasteiger partial charge in [0, 0.05) is 12.7 Å². The van der Waals surface area contributed by atoms with Crippen LogP contribution in [-0.2, 0) is 17.8 Å². The fourth-order valence-corrected chi connectivity index (χ4v) is 3.26. The first-order valence-electron chi connectivity index (χ1n) is 7.15. The van der Waals surface area contributed by atoms with Crippen molar-refractivity contribution in [2.75, 3.05) is 0 Å². The summed E-state index contributed by atoms with van der Waals surface area (Å²) < 4.78 is 1.90. The Morgan fingerprint density at radius 2 is 2.32 bits per heavy atom. The summed E-state index contributed by atoms with van der Waals surface area (Å²) in [4.78, 5) is 11.4. The van der Waals surface area contributed by atoms with Crippen molar-refractivity contribution in [2.24, 2.45) is 17.3 Å². The standard InChI is InChI=1S/C15H24N2O2/c1-4-17-10-11(9-16-17)7-12-8-15(2,3)6-5-13(12)14(18)19/h9-10,12-13H,4-8H2,1-3H3,(H,18,19). The molecule has 4 heteroatoms. The monoisotopic (exact) mass is 264 g/mol. The first-order chi connectivity index (χ1) is 8.91. The van der Waals surface area contributed by atoms with Crippen LogP contribution in [0.2, 0.25) is 0 Å². The molecule has 1 saturated carbocycles. The number of carbonyl (C=O) groups is 1. The van der Waals surface area contributed by atoms with E-state index in [9.17, 15) is 9.90 Å². The number of nitrogens with zero attached hydrogens (tertiary/aromatic N) is 2. The Kier molecular flexibility index (Phi) is 3.97. The molecular weight excluding hydrogens is 240 g/mol. The number of hydrogen-bond acceptors (Lipinski definition) is 2. The molecule has 2 rings (SSSR count). The van der Waals surface area contributed by atoms with Gasteiger partial charge in [0.15, 0.2) is 0 Å². The largest absolute Gasteiger partial charge is 0.481 e. The number of aliphatic carboxylic acids is 1. The minimum atomic E-state index is -0.636. The number of carboxylic acid groups (broad SMARTS) is 1. The van der Waals surface area contributed by atoms with Crippen LogP contribution in [0.3, 0.4) is 0 Å². The van der Waals surface area contributed by atoms with Gasteiger partial charge in [0.2, 0.25) is 0 Å². The van der Waals surface area contributed by atoms with Crippen LogP contribution in [-0.4, -0.2) is 20.9 Å². The maximum atomic E-state index is 11.4.